The normalized spacial score (nSPS) is 23.7. The molecule has 124 valence electrons. The van der Waals surface area contributed by atoms with E-state index in [0.717, 1.165) is 21.1 Å². The number of fused-ring (bicyclic) bond motifs is 1. The molecule has 0 aliphatic carbocycles. The van der Waals surface area contributed by atoms with Crippen LogP contribution in [-0.4, -0.2) is 49.0 Å². The van der Waals surface area contributed by atoms with Crippen molar-refractivity contribution in [2.24, 2.45) is 0 Å². The Hall–Kier alpha value is 0.479. The summed E-state index contributed by atoms with van der Waals surface area (Å²) in [6.45, 7) is 0. The second-order valence-electron chi connectivity index (χ2n) is 4.90. The third-order valence-electron chi connectivity index (χ3n) is 3.22. The van der Waals surface area contributed by atoms with Gasteiger partial charge in [-0.05, 0) is 0 Å². The van der Waals surface area contributed by atoms with E-state index in [1.54, 1.807) is 0 Å². The summed E-state index contributed by atoms with van der Waals surface area (Å²) < 4.78 is 1.15. The van der Waals surface area contributed by atoms with Crippen molar-refractivity contribution >= 4 is 88.0 Å². The Morgan fingerprint density at radius 3 is 1.75 bits per heavy atom. The predicted molar refractivity (Wildman–Crippen MR) is 113 cm³/mol. The Labute approximate surface area is 171 Å². The van der Waals surface area contributed by atoms with Gasteiger partial charge >= 0.3 is 173 Å². The van der Waals surface area contributed by atoms with E-state index in [0.29, 0.717) is 39.1 Å². The summed E-state index contributed by atoms with van der Waals surface area (Å²) in [5.41, 5.74) is 2.01. The van der Waals surface area contributed by atoms with E-state index in [4.69, 9.17) is 9.97 Å². The average molecular weight is 520 g/mol. The molecule has 24 heavy (non-hydrogen) atoms. The van der Waals surface area contributed by atoms with Crippen molar-refractivity contribution in [3.8, 4) is 0 Å². The fourth-order valence-corrected chi connectivity index (χ4v) is 12.2. The SMILES string of the molecule is C1=C[Se]CC(Sc2nc3ccccc3nc2SC2C[Se]C=CS2)S1. The summed E-state index contributed by atoms with van der Waals surface area (Å²) in [4.78, 5) is 14.6. The van der Waals surface area contributed by atoms with Crippen LogP contribution in [0.25, 0.3) is 11.0 Å². The predicted octanol–water partition coefficient (Wildman–Crippen LogP) is 5.15. The number of nitrogens with zero attached hydrogens (tertiary/aromatic N) is 2. The van der Waals surface area contributed by atoms with E-state index in [2.05, 4.69) is 32.9 Å². The Kier molecular flexibility index (Phi) is 6.64. The van der Waals surface area contributed by atoms with E-state index in [1.807, 2.05) is 59.2 Å². The summed E-state index contributed by atoms with van der Waals surface area (Å²) in [5, 5.41) is 9.28. The Morgan fingerprint density at radius 2 is 1.33 bits per heavy atom. The molecule has 2 unspecified atom stereocenters. The van der Waals surface area contributed by atoms with Crippen molar-refractivity contribution in [3.05, 3.63) is 45.0 Å². The van der Waals surface area contributed by atoms with Gasteiger partial charge in [0, 0.05) is 0 Å². The molecule has 2 aliphatic rings. The summed E-state index contributed by atoms with van der Waals surface area (Å²) in [6, 6.07) is 8.23. The molecular formula is C16H14N2S4Se2. The number of aromatic nitrogens is 2. The molecule has 0 radical (unpaired) electrons. The molecule has 2 nitrogen and oxygen atoms in total. The molecule has 4 rings (SSSR count). The van der Waals surface area contributed by atoms with Crippen LogP contribution < -0.4 is 0 Å². The molecule has 0 spiro atoms. The zero-order valence-electron chi connectivity index (χ0n) is 12.5. The maximum atomic E-state index is 4.96. The number of benzene rings is 1. The quantitative estimate of drug-likeness (QED) is 0.518. The molecule has 2 aromatic rings. The van der Waals surface area contributed by atoms with Crippen LogP contribution in [0.1, 0.15) is 0 Å². The molecule has 1 aromatic carbocycles. The molecule has 0 fully saturated rings. The van der Waals surface area contributed by atoms with Crippen LogP contribution in [0.5, 0.6) is 0 Å². The second-order valence-corrected chi connectivity index (χ2v) is 14.0. The third-order valence-corrected chi connectivity index (χ3v) is 14.3. The number of rotatable bonds is 4. The topological polar surface area (TPSA) is 25.8 Å². The van der Waals surface area contributed by atoms with E-state index in [-0.39, 0.29) is 0 Å². The first-order valence-corrected chi connectivity index (χ1v) is 15.4. The summed E-state index contributed by atoms with van der Waals surface area (Å²) in [6.07, 6.45) is 0. The summed E-state index contributed by atoms with van der Waals surface area (Å²) in [7, 11) is 0. The first-order valence-electron chi connectivity index (χ1n) is 7.33. The van der Waals surface area contributed by atoms with Gasteiger partial charge in [-0.1, -0.05) is 0 Å². The van der Waals surface area contributed by atoms with Crippen molar-refractivity contribution in [1.29, 1.82) is 0 Å². The fourth-order valence-electron chi connectivity index (χ4n) is 2.16. The standard InChI is InChI=1S/C16H14N2S4Se2/c1-2-4-12-11(3-1)17-15(21-13-9-23-7-5-19-13)16(18-12)22-14-10-24-8-6-20-14/h1-8,13-14H,9-10H2. The van der Waals surface area contributed by atoms with Crippen LogP contribution >= 0.6 is 47.0 Å². The van der Waals surface area contributed by atoms with E-state index >= 15 is 0 Å². The average Bonchev–Trinajstić information content (AvgIpc) is 2.64. The van der Waals surface area contributed by atoms with Crippen LogP contribution in [0.15, 0.2) is 55.1 Å². The minimum absolute atomic E-state index is 0.577. The van der Waals surface area contributed by atoms with Gasteiger partial charge in [0.15, 0.2) is 0 Å². The molecule has 1 aromatic heterocycles. The van der Waals surface area contributed by atoms with Gasteiger partial charge < -0.3 is 0 Å². The van der Waals surface area contributed by atoms with Gasteiger partial charge in [0.05, 0.1) is 0 Å². The van der Waals surface area contributed by atoms with Gasteiger partial charge in [0.2, 0.25) is 0 Å². The first kappa shape index (κ1) is 17.9. The maximum absolute atomic E-state index is 4.96. The van der Waals surface area contributed by atoms with E-state index in [1.165, 1.54) is 10.6 Å². The van der Waals surface area contributed by atoms with Gasteiger partial charge in [-0.2, -0.15) is 0 Å². The van der Waals surface area contributed by atoms with Crippen molar-refractivity contribution in [3.63, 3.8) is 0 Å². The minimum atomic E-state index is 0.577. The molecule has 0 saturated carbocycles. The van der Waals surface area contributed by atoms with Crippen LogP contribution in [-0.2, 0) is 0 Å². The number of hydrogen-bond donors (Lipinski definition) is 0. The zero-order chi connectivity index (χ0) is 16.2. The molecule has 2 atom stereocenters. The fraction of sp³-hybridized carbons (Fsp3) is 0.250. The van der Waals surface area contributed by atoms with Crippen molar-refractivity contribution in [1.82, 2.24) is 9.97 Å². The molecule has 0 bridgehead atoms. The van der Waals surface area contributed by atoms with Crippen LogP contribution in [0, 0.1) is 0 Å². The van der Waals surface area contributed by atoms with Crippen molar-refractivity contribution in [2.75, 3.05) is 0 Å². The Balaban J connectivity index is 1.64. The molecular weight excluding hydrogens is 506 g/mol. The van der Waals surface area contributed by atoms with Crippen LogP contribution in [0.3, 0.4) is 0 Å². The Bertz CT molecular complexity index is 719. The van der Waals surface area contributed by atoms with E-state index < -0.39 is 0 Å². The number of thioether (sulfide) groups is 4. The summed E-state index contributed by atoms with van der Waals surface area (Å²) >= 11 is 8.93. The van der Waals surface area contributed by atoms with Gasteiger partial charge in [0.25, 0.3) is 0 Å². The Morgan fingerprint density at radius 1 is 0.833 bits per heavy atom. The molecule has 8 heteroatoms. The monoisotopic (exact) mass is 522 g/mol. The van der Waals surface area contributed by atoms with Crippen LogP contribution in [0.2, 0.25) is 10.6 Å². The molecule has 0 saturated heterocycles. The van der Waals surface area contributed by atoms with Gasteiger partial charge in [-0.15, -0.1) is 0 Å². The van der Waals surface area contributed by atoms with Gasteiger partial charge in [0.1, 0.15) is 0 Å². The van der Waals surface area contributed by atoms with Gasteiger partial charge in [-0.25, -0.2) is 0 Å². The molecule has 3 heterocycles. The molecule has 0 N–H and O–H groups in total. The zero-order valence-corrected chi connectivity index (χ0v) is 19.2. The van der Waals surface area contributed by atoms with E-state index in [9.17, 15) is 0 Å². The molecule has 0 amide bonds. The summed E-state index contributed by atoms with van der Waals surface area (Å²) in [5.74, 6) is 0. The van der Waals surface area contributed by atoms with Crippen LogP contribution in [0.4, 0.5) is 0 Å². The third kappa shape index (κ3) is 4.60. The number of hydrogen-bond acceptors (Lipinski definition) is 6. The van der Waals surface area contributed by atoms with Crippen molar-refractivity contribution < 1.29 is 0 Å². The second kappa shape index (κ2) is 8.92. The van der Waals surface area contributed by atoms with Crippen molar-refractivity contribution in [2.45, 2.75) is 29.9 Å². The first-order chi connectivity index (χ1) is 11.9. The number of para-hydroxylation sites is 2. The molecule has 2 aliphatic heterocycles. The van der Waals surface area contributed by atoms with Gasteiger partial charge in [-0.3, -0.25) is 0 Å².